The van der Waals surface area contributed by atoms with Crippen molar-refractivity contribution in [2.75, 3.05) is 26.7 Å². The van der Waals surface area contributed by atoms with E-state index in [2.05, 4.69) is 24.0 Å². The van der Waals surface area contributed by atoms with Crippen molar-refractivity contribution in [3.8, 4) is 0 Å². The Kier molecular flexibility index (Phi) is 4.02. The molecule has 2 atom stereocenters. The molecular weight excluding hydrogens is 264 g/mol. The van der Waals surface area contributed by atoms with E-state index in [9.17, 15) is 0 Å². The maximum absolute atomic E-state index is 6.05. The van der Waals surface area contributed by atoms with Crippen molar-refractivity contribution >= 4 is 11.0 Å². The fourth-order valence-electron chi connectivity index (χ4n) is 3.29. The maximum Gasteiger partial charge on any atom is 0.134 e. The lowest BCUT2D eigenvalue weighted by Gasteiger charge is -2.42. The second-order valence-electron chi connectivity index (χ2n) is 6.17. The lowest BCUT2D eigenvalue weighted by molar-refractivity contribution is -0.0625. The number of likely N-dealkylation sites (tertiary alicyclic amines) is 1. The van der Waals surface area contributed by atoms with E-state index in [-0.39, 0.29) is 11.6 Å². The first-order valence-electron chi connectivity index (χ1n) is 7.63. The van der Waals surface area contributed by atoms with Crippen molar-refractivity contribution in [2.45, 2.75) is 31.4 Å². The van der Waals surface area contributed by atoms with Gasteiger partial charge < -0.3 is 14.9 Å². The molecule has 0 bridgehead atoms. The molecule has 2 aromatic rings. The molecule has 1 aromatic heterocycles. The average Bonchev–Trinajstić information content (AvgIpc) is 2.91. The Bertz CT molecular complexity index is 577. The minimum absolute atomic E-state index is 0.0856. The Morgan fingerprint density at radius 2 is 2.24 bits per heavy atom. The van der Waals surface area contributed by atoms with E-state index in [1.807, 2.05) is 18.2 Å². The van der Waals surface area contributed by atoms with Crippen LogP contribution in [-0.4, -0.2) is 37.2 Å². The number of ether oxygens (including phenoxy) is 1. The molecule has 2 heterocycles. The zero-order valence-electron chi connectivity index (χ0n) is 12.8. The Morgan fingerprint density at radius 3 is 2.95 bits per heavy atom. The lowest BCUT2D eigenvalue weighted by atomic mass is 9.93. The van der Waals surface area contributed by atoms with E-state index in [0.717, 1.165) is 42.7 Å². The molecule has 0 saturated carbocycles. The Hall–Kier alpha value is -1.36. The largest absolute Gasteiger partial charge is 0.459 e. The summed E-state index contributed by atoms with van der Waals surface area (Å²) in [6, 6.07) is 10.3. The lowest BCUT2D eigenvalue weighted by Crippen LogP contribution is -2.49. The summed E-state index contributed by atoms with van der Waals surface area (Å²) in [5, 5.41) is 1.14. The average molecular weight is 288 g/mol. The normalized spacial score (nSPS) is 25.3. The maximum atomic E-state index is 6.05. The van der Waals surface area contributed by atoms with Gasteiger partial charge in [-0.2, -0.15) is 0 Å². The van der Waals surface area contributed by atoms with E-state index in [1.165, 1.54) is 0 Å². The molecule has 21 heavy (non-hydrogen) atoms. The highest BCUT2D eigenvalue weighted by atomic mass is 16.5. The summed E-state index contributed by atoms with van der Waals surface area (Å²) in [6.07, 6.45) is 2.22. The molecule has 1 fully saturated rings. The van der Waals surface area contributed by atoms with Gasteiger partial charge in [-0.15, -0.1) is 0 Å². The molecule has 0 spiro atoms. The van der Waals surface area contributed by atoms with Crippen LogP contribution in [-0.2, 0) is 4.74 Å². The highest BCUT2D eigenvalue weighted by Gasteiger charge is 2.35. The van der Waals surface area contributed by atoms with Crippen LogP contribution in [0.1, 0.15) is 31.6 Å². The third-order valence-electron chi connectivity index (χ3n) is 4.62. The Balaban J connectivity index is 1.87. The van der Waals surface area contributed by atoms with Crippen LogP contribution in [0.3, 0.4) is 0 Å². The first kappa shape index (κ1) is 14.6. The van der Waals surface area contributed by atoms with Crippen LogP contribution in [0.15, 0.2) is 34.7 Å². The summed E-state index contributed by atoms with van der Waals surface area (Å²) < 4.78 is 11.7. The Morgan fingerprint density at radius 1 is 1.43 bits per heavy atom. The van der Waals surface area contributed by atoms with Crippen LogP contribution in [0.2, 0.25) is 0 Å². The molecule has 0 amide bonds. The quantitative estimate of drug-likeness (QED) is 0.940. The first-order chi connectivity index (χ1) is 10.1. The number of hydrogen-bond donors (Lipinski definition) is 1. The summed E-state index contributed by atoms with van der Waals surface area (Å²) in [5.41, 5.74) is 6.89. The van der Waals surface area contributed by atoms with Gasteiger partial charge in [0.05, 0.1) is 11.6 Å². The molecule has 1 aromatic carbocycles. The summed E-state index contributed by atoms with van der Waals surface area (Å²) in [6.45, 7) is 4.66. The second kappa shape index (κ2) is 5.79. The van der Waals surface area contributed by atoms with Gasteiger partial charge >= 0.3 is 0 Å². The van der Waals surface area contributed by atoms with Crippen molar-refractivity contribution in [3.63, 3.8) is 0 Å². The molecule has 1 aliphatic rings. The highest BCUT2D eigenvalue weighted by molar-refractivity contribution is 5.77. The number of para-hydroxylation sites is 1. The summed E-state index contributed by atoms with van der Waals surface area (Å²) in [4.78, 5) is 2.39. The molecule has 114 valence electrons. The third-order valence-corrected chi connectivity index (χ3v) is 4.62. The molecule has 2 N–H and O–H groups in total. The number of hydrogen-bond acceptors (Lipinski definition) is 4. The van der Waals surface area contributed by atoms with Crippen molar-refractivity contribution in [1.82, 2.24) is 4.90 Å². The predicted molar refractivity (Wildman–Crippen MR) is 84.2 cm³/mol. The predicted octanol–water partition coefficient (Wildman–Crippen LogP) is 2.93. The Labute approximate surface area is 125 Å². The molecule has 4 nitrogen and oxygen atoms in total. The van der Waals surface area contributed by atoms with Crippen molar-refractivity contribution in [3.05, 3.63) is 36.1 Å². The number of piperidine rings is 1. The second-order valence-corrected chi connectivity index (χ2v) is 6.17. The minimum Gasteiger partial charge on any atom is -0.459 e. The molecule has 4 heteroatoms. The third kappa shape index (κ3) is 2.84. The van der Waals surface area contributed by atoms with Gasteiger partial charge in [-0.3, -0.25) is 4.90 Å². The smallest absolute Gasteiger partial charge is 0.134 e. The zero-order valence-corrected chi connectivity index (χ0v) is 12.8. The van der Waals surface area contributed by atoms with E-state index in [0.29, 0.717) is 6.54 Å². The highest BCUT2D eigenvalue weighted by Crippen LogP contribution is 2.32. The van der Waals surface area contributed by atoms with Gasteiger partial charge in [0.1, 0.15) is 11.3 Å². The molecule has 3 rings (SSSR count). The topological polar surface area (TPSA) is 51.6 Å². The number of rotatable bonds is 4. The van der Waals surface area contributed by atoms with Gasteiger partial charge in [0.15, 0.2) is 0 Å². The van der Waals surface area contributed by atoms with Crippen LogP contribution in [0, 0.1) is 0 Å². The van der Waals surface area contributed by atoms with Crippen LogP contribution in [0.5, 0.6) is 0 Å². The summed E-state index contributed by atoms with van der Waals surface area (Å²) in [7, 11) is 1.79. The van der Waals surface area contributed by atoms with Crippen molar-refractivity contribution < 1.29 is 9.15 Å². The van der Waals surface area contributed by atoms with Crippen LogP contribution >= 0.6 is 0 Å². The van der Waals surface area contributed by atoms with E-state index >= 15 is 0 Å². The molecule has 1 aliphatic heterocycles. The van der Waals surface area contributed by atoms with E-state index in [1.54, 1.807) is 7.11 Å². The zero-order chi connectivity index (χ0) is 14.9. The van der Waals surface area contributed by atoms with E-state index in [4.69, 9.17) is 14.9 Å². The summed E-state index contributed by atoms with van der Waals surface area (Å²) >= 11 is 0. The number of benzene rings is 1. The number of nitrogens with zero attached hydrogens (tertiary/aromatic N) is 1. The number of fused-ring (bicyclic) bond motifs is 1. The van der Waals surface area contributed by atoms with Crippen molar-refractivity contribution in [1.29, 1.82) is 0 Å². The van der Waals surface area contributed by atoms with Crippen LogP contribution in [0.25, 0.3) is 11.0 Å². The summed E-state index contributed by atoms with van der Waals surface area (Å²) in [5.74, 6) is 0.957. The van der Waals surface area contributed by atoms with Crippen molar-refractivity contribution in [2.24, 2.45) is 5.73 Å². The fraction of sp³-hybridized carbons (Fsp3) is 0.529. The molecule has 0 aliphatic carbocycles. The number of methoxy groups -OCH3 is 1. The SMILES string of the molecule is COC1(C)CCCN(C(CN)c2cc3ccccc3o2)C1. The van der Waals surface area contributed by atoms with E-state index < -0.39 is 0 Å². The first-order valence-corrected chi connectivity index (χ1v) is 7.63. The van der Waals surface area contributed by atoms with Gasteiger partial charge in [-0.25, -0.2) is 0 Å². The number of furan rings is 1. The van der Waals surface area contributed by atoms with Crippen LogP contribution in [0.4, 0.5) is 0 Å². The van der Waals surface area contributed by atoms with Gasteiger partial charge in [-0.05, 0) is 38.4 Å². The molecule has 1 saturated heterocycles. The monoisotopic (exact) mass is 288 g/mol. The van der Waals surface area contributed by atoms with Crippen LogP contribution < -0.4 is 5.73 Å². The fourth-order valence-corrected chi connectivity index (χ4v) is 3.29. The minimum atomic E-state index is -0.0856. The molecular formula is C17H24N2O2. The standard InChI is InChI=1S/C17H24N2O2/c1-17(20-2)8-5-9-19(12-17)14(11-18)16-10-13-6-3-4-7-15(13)21-16/h3-4,6-7,10,14H,5,8-9,11-12,18H2,1-2H3. The van der Waals surface area contributed by atoms with Gasteiger partial charge in [-0.1, -0.05) is 18.2 Å². The van der Waals surface area contributed by atoms with Gasteiger partial charge in [0.2, 0.25) is 0 Å². The number of nitrogens with two attached hydrogens (primary N) is 1. The van der Waals surface area contributed by atoms with Gasteiger partial charge in [0, 0.05) is 25.6 Å². The molecule has 0 radical (unpaired) electrons. The van der Waals surface area contributed by atoms with Gasteiger partial charge in [0.25, 0.3) is 0 Å². The molecule has 2 unspecified atom stereocenters.